The molecular weight excluding hydrogens is 268 g/mol. The summed E-state index contributed by atoms with van der Waals surface area (Å²) in [5, 5.41) is 9.15. The zero-order valence-electron chi connectivity index (χ0n) is 12.4. The van der Waals surface area contributed by atoms with Crippen LogP contribution in [-0.2, 0) is 12.0 Å². The maximum absolute atomic E-state index is 9.15. The largest absolute Gasteiger partial charge is 0.439 e. The molecule has 0 amide bonds. The van der Waals surface area contributed by atoms with E-state index >= 15 is 0 Å². The van der Waals surface area contributed by atoms with Crippen LogP contribution in [0.15, 0.2) is 30.3 Å². The third-order valence-electron chi connectivity index (χ3n) is 2.82. The lowest BCUT2D eigenvalue weighted by Gasteiger charge is -2.18. The number of aromatic nitrogens is 2. The lowest BCUT2D eigenvalue weighted by Crippen LogP contribution is -2.19. The maximum atomic E-state index is 9.15. The lowest BCUT2D eigenvalue weighted by molar-refractivity contribution is 0.281. The molecule has 0 saturated heterocycles. The number of nitrogens with one attached hydrogen (secondary N) is 1. The number of hydrazine groups is 1. The molecule has 0 fully saturated rings. The molecule has 0 bridgehead atoms. The van der Waals surface area contributed by atoms with Gasteiger partial charge in [-0.25, -0.2) is 10.8 Å². The molecule has 0 aliphatic carbocycles. The Labute approximate surface area is 124 Å². The van der Waals surface area contributed by atoms with Gasteiger partial charge in [-0.05, 0) is 17.7 Å². The van der Waals surface area contributed by atoms with E-state index < -0.39 is 0 Å². The Balaban J connectivity index is 2.34. The van der Waals surface area contributed by atoms with Gasteiger partial charge in [-0.1, -0.05) is 32.9 Å². The van der Waals surface area contributed by atoms with E-state index in [0.29, 0.717) is 23.3 Å². The minimum Gasteiger partial charge on any atom is -0.439 e. The Kier molecular flexibility index (Phi) is 4.40. The molecule has 0 saturated carbocycles. The highest BCUT2D eigenvalue weighted by Crippen LogP contribution is 2.26. The predicted octanol–water partition coefficient (Wildman–Crippen LogP) is 2.34. The number of nitrogens with two attached hydrogens (primary N) is 1. The van der Waals surface area contributed by atoms with Crippen molar-refractivity contribution in [3.05, 3.63) is 41.7 Å². The average Bonchev–Trinajstić information content (AvgIpc) is 2.46. The van der Waals surface area contributed by atoms with Gasteiger partial charge in [0, 0.05) is 11.5 Å². The summed E-state index contributed by atoms with van der Waals surface area (Å²) >= 11 is 0. The van der Waals surface area contributed by atoms with Gasteiger partial charge in [0.05, 0.1) is 6.61 Å². The molecule has 0 unspecified atom stereocenters. The molecule has 6 nitrogen and oxygen atoms in total. The molecule has 2 aromatic rings. The zero-order valence-corrected chi connectivity index (χ0v) is 12.4. The fraction of sp³-hybridized carbons (Fsp3) is 0.333. The quantitative estimate of drug-likeness (QED) is 0.590. The summed E-state index contributed by atoms with van der Waals surface area (Å²) in [4.78, 5) is 8.74. The topological polar surface area (TPSA) is 93.3 Å². The molecule has 0 radical (unpaired) electrons. The zero-order chi connectivity index (χ0) is 15.5. The highest BCUT2D eigenvalue weighted by molar-refractivity contribution is 5.40. The van der Waals surface area contributed by atoms with Crippen molar-refractivity contribution in [2.45, 2.75) is 32.8 Å². The first-order valence-corrected chi connectivity index (χ1v) is 6.66. The number of benzene rings is 1. The van der Waals surface area contributed by atoms with Gasteiger partial charge < -0.3 is 15.3 Å². The SMILES string of the molecule is CC(C)(C)c1nc(NN)cc(Oc2cccc(CO)c2)n1. The van der Waals surface area contributed by atoms with E-state index in [1.807, 2.05) is 32.9 Å². The van der Waals surface area contributed by atoms with Crippen molar-refractivity contribution >= 4 is 5.82 Å². The summed E-state index contributed by atoms with van der Waals surface area (Å²) in [6.45, 7) is 6.00. The average molecular weight is 288 g/mol. The third-order valence-corrected chi connectivity index (χ3v) is 2.82. The molecule has 4 N–H and O–H groups in total. The summed E-state index contributed by atoms with van der Waals surface area (Å²) in [5.41, 5.74) is 3.07. The van der Waals surface area contributed by atoms with Crippen molar-refractivity contribution in [3.8, 4) is 11.6 Å². The van der Waals surface area contributed by atoms with Crippen molar-refractivity contribution < 1.29 is 9.84 Å². The Morgan fingerprint density at radius 2 is 2.00 bits per heavy atom. The molecule has 1 aromatic carbocycles. The van der Waals surface area contributed by atoms with E-state index in [9.17, 15) is 0 Å². The van der Waals surface area contributed by atoms with Gasteiger partial charge in [0.15, 0.2) is 0 Å². The number of hydrogen-bond acceptors (Lipinski definition) is 6. The van der Waals surface area contributed by atoms with E-state index in [0.717, 1.165) is 5.56 Å². The second kappa shape index (κ2) is 6.07. The number of rotatable bonds is 4. The molecular formula is C15H20N4O2. The van der Waals surface area contributed by atoms with Crippen molar-refractivity contribution in [3.63, 3.8) is 0 Å². The van der Waals surface area contributed by atoms with Gasteiger partial charge in [-0.3, -0.25) is 0 Å². The van der Waals surface area contributed by atoms with E-state index in [4.69, 9.17) is 15.7 Å². The van der Waals surface area contributed by atoms with Crippen LogP contribution in [-0.4, -0.2) is 15.1 Å². The number of ether oxygens (including phenoxy) is 1. The van der Waals surface area contributed by atoms with E-state index in [-0.39, 0.29) is 12.0 Å². The summed E-state index contributed by atoms with van der Waals surface area (Å²) in [6.07, 6.45) is 0. The molecule has 1 aromatic heterocycles. The van der Waals surface area contributed by atoms with E-state index in [1.165, 1.54) is 0 Å². The first kappa shape index (κ1) is 15.2. The van der Waals surface area contributed by atoms with Gasteiger partial charge in [-0.15, -0.1) is 0 Å². The van der Waals surface area contributed by atoms with Crippen LogP contribution < -0.4 is 16.0 Å². The van der Waals surface area contributed by atoms with Crippen LogP contribution >= 0.6 is 0 Å². The standard InChI is InChI=1S/C15H20N4O2/c1-15(2,3)14-17-12(19-16)8-13(18-14)21-11-6-4-5-10(7-11)9-20/h4-8,20H,9,16H2,1-3H3,(H,17,18,19). The number of aliphatic hydroxyl groups excluding tert-OH is 1. The van der Waals surface area contributed by atoms with Gasteiger partial charge >= 0.3 is 0 Å². The minimum atomic E-state index is -0.224. The van der Waals surface area contributed by atoms with Crippen molar-refractivity contribution in [1.29, 1.82) is 0 Å². The van der Waals surface area contributed by atoms with Crippen LogP contribution in [0.5, 0.6) is 11.6 Å². The first-order chi connectivity index (χ1) is 9.92. The lowest BCUT2D eigenvalue weighted by atomic mass is 9.96. The van der Waals surface area contributed by atoms with Crippen molar-refractivity contribution in [1.82, 2.24) is 9.97 Å². The second-order valence-corrected chi connectivity index (χ2v) is 5.72. The van der Waals surface area contributed by atoms with Gasteiger partial charge in [0.2, 0.25) is 5.88 Å². The van der Waals surface area contributed by atoms with Crippen molar-refractivity contribution in [2.24, 2.45) is 5.84 Å². The molecule has 6 heteroatoms. The Morgan fingerprint density at radius 3 is 2.62 bits per heavy atom. The Hall–Kier alpha value is -2.18. The van der Waals surface area contributed by atoms with Crippen LogP contribution in [0.3, 0.4) is 0 Å². The van der Waals surface area contributed by atoms with Crippen LogP contribution in [0.4, 0.5) is 5.82 Å². The molecule has 2 rings (SSSR count). The number of anilines is 1. The van der Waals surface area contributed by atoms with Crippen LogP contribution in [0.25, 0.3) is 0 Å². The number of hydrogen-bond donors (Lipinski definition) is 3. The van der Waals surface area contributed by atoms with Gasteiger partial charge in [-0.2, -0.15) is 4.98 Å². The Bertz CT molecular complexity index is 623. The normalized spacial score (nSPS) is 11.3. The third kappa shape index (κ3) is 3.90. The van der Waals surface area contributed by atoms with Crippen LogP contribution in [0, 0.1) is 0 Å². The maximum Gasteiger partial charge on any atom is 0.224 e. The van der Waals surface area contributed by atoms with Gasteiger partial charge in [0.25, 0.3) is 0 Å². The molecule has 1 heterocycles. The predicted molar refractivity (Wildman–Crippen MR) is 81.0 cm³/mol. The fourth-order valence-corrected chi connectivity index (χ4v) is 1.71. The number of nitrogens with zero attached hydrogens (tertiary/aromatic N) is 2. The summed E-state index contributed by atoms with van der Waals surface area (Å²) < 4.78 is 5.74. The summed E-state index contributed by atoms with van der Waals surface area (Å²) in [7, 11) is 0. The fourth-order valence-electron chi connectivity index (χ4n) is 1.71. The van der Waals surface area contributed by atoms with Gasteiger partial charge in [0.1, 0.15) is 17.4 Å². The molecule has 0 atom stereocenters. The monoisotopic (exact) mass is 288 g/mol. The van der Waals surface area contributed by atoms with E-state index in [2.05, 4.69) is 15.4 Å². The molecule has 0 aliphatic rings. The highest BCUT2D eigenvalue weighted by Gasteiger charge is 2.19. The molecule has 112 valence electrons. The summed E-state index contributed by atoms with van der Waals surface area (Å²) in [6, 6.07) is 8.82. The summed E-state index contributed by atoms with van der Waals surface area (Å²) in [5.74, 6) is 7.56. The Morgan fingerprint density at radius 1 is 1.24 bits per heavy atom. The first-order valence-electron chi connectivity index (χ1n) is 6.66. The number of aliphatic hydroxyl groups is 1. The van der Waals surface area contributed by atoms with Crippen LogP contribution in [0.2, 0.25) is 0 Å². The molecule has 0 aliphatic heterocycles. The number of nitrogen functional groups attached to an aromatic ring is 1. The highest BCUT2D eigenvalue weighted by atomic mass is 16.5. The van der Waals surface area contributed by atoms with Crippen LogP contribution in [0.1, 0.15) is 32.2 Å². The molecule has 0 spiro atoms. The minimum absolute atomic E-state index is 0.0379. The smallest absolute Gasteiger partial charge is 0.224 e. The van der Waals surface area contributed by atoms with E-state index in [1.54, 1.807) is 18.2 Å². The van der Waals surface area contributed by atoms with Crippen molar-refractivity contribution in [2.75, 3.05) is 5.43 Å². The second-order valence-electron chi connectivity index (χ2n) is 5.72. The molecule has 21 heavy (non-hydrogen) atoms.